The molecular weight excluding hydrogens is 270 g/mol. The van der Waals surface area contributed by atoms with Crippen LogP contribution in [0.2, 0.25) is 0 Å². The third-order valence-electron chi connectivity index (χ3n) is 3.75. The molecular formula is C16H19NO2S. The molecule has 1 heterocycles. The van der Waals surface area contributed by atoms with Crippen LogP contribution in [0.4, 0.5) is 0 Å². The Balaban J connectivity index is 1.49. The number of amides is 1. The Bertz CT molecular complexity index is 616. The van der Waals surface area contributed by atoms with E-state index in [0.29, 0.717) is 18.1 Å². The number of nitrogens with one attached hydrogen (secondary N) is 1. The third kappa shape index (κ3) is 3.31. The predicted octanol–water partition coefficient (Wildman–Crippen LogP) is 3.46. The molecule has 0 radical (unpaired) electrons. The molecule has 0 bridgehead atoms. The maximum Gasteiger partial charge on any atom is 0.220 e. The molecule has 1 amide bonds. The highest BCUT2D eigenvalue weighted by Crippen LogP contribution is 2.32. The monoisotopic (exact) mass is 289 g/mol. The molecule has 20 heavy (non-hydrogen) atoms. The number of hydrogen-bond acceptors (Lipinski definition) is 3. The number of rotatable bonds is 6. The molecule has 0 unspecified atom stereocenters. The van der Waals surface area contributed by atoms with Gasteiger partial charge in [0.1, 0.15) is 5.75 Å². The van der Waals surface area contributed by atoms with Gasteiger partial charge in [0.25, 0.3) is 0 Å². The molecule has 1 aliphatic carbocycles. The SMILES string of the molecule is O=C(CC1CC1)NCCCc1csc2ccc(O)cc12. The normalized spacial score (nSPS) is 14.6. The Hall–Kier alpha value is -1.55. The van der Waals surface area contributed by atoms with Crippen molar-refractivity contribution in [2.45, 2.75) is 32.1 Å². The maximum atomic E-state index is 11.6. The first-order valence-electron chi connectivity index (χ1n) is 7.18. The molecule has 3 rings (SSSR count). The molecule has 0 atom stereocenters. The number of aryl methyl sites for hydroxylation is 1. The first-order chi connectivity index (χ1) is 9.72. The lowest BCUT2D eigenvalue weighted by atomic mass is 10.1. The van der Waals surface area contributed by atoms with Crippen molar-refractivity contribution in [1.82, 2.24) is 5.32 Å². The highest BCUT2D eigenvalue weighted by Gasteiger charge is 2.23. The van der Waals surface area contributed by atoms with Gasteiger partial charge in [0.2, 0.25) is 5.91 Å². The Morgan fingerprint density at radius 2 is 2.25 bits per heavy atom. The van der Waals surface area contributed by atoms with Crippen LogP contribution in [0.15, 0.2) is 23.6 Å². The minimum absolute atomic E-state index is 0.195. The van der Waals surface area contributed by atoms with E-state index in [4.69, 9.17) is 0 Å². The lowest BCUT2D eigenvalue weighted by Crippen LogP contribution is -2.24. The average Bonchev–Trinajstić information content (AvgIpc) is 3.15. The number of phenolic OH excluding ortho intramolecular Hbond substituents is 1. The molecule has 1 aromatic carbocycles. The average molecular weight is 289 g/mol. The summed E-state index contributed by atoms with van der Waals surface area (Å²) in [6, 6.07) is 5.50. The Morgan fingerprint density at radius 3 is 3.05 bits per heavy atom. The number of thiophene rings is 1. The van der Waals surface area contributed by atoms with Gasteiger partial charge in [-0.1, -0.05) is 0 Å². The minimum Gasteiger partial charge on any atom is -0.508 e. The van der Waals surface area contributed by atoms with Crippen LogP contribution in [0.5, 0.6) is 5.75 Å². The molecule has 0 spiro atoms. The largest absolute Gasteiger partial charge is 0.508 e. The van der Waals surface area contributed by atoms with E-state index in [1.165, 1.54) is 23.1 Å². The summed E-state index contributed by atoms with van der Waals surface area (Å²) < 4.78 is 1.20. The molecule has 4 heteroatoms. The van der Waals surface area contributed by atoms with E-state index in [1.807, 2.05) is 12.1 Å². The standard InChI is InChI=1S/C16H19NO2S/c18-13-5-6-15-14(9-13)12(10-20-15)2-1-7-17-16(19)8-11-3-4-11/h5-6,9-11,18H,1-4,7-8H2,(H,17,19). The van der Waals surface area contributed by atoms with E-state index in [0.717, 1.165) is 24.8 Å². The van der Waals surface area contributed by atoms with E-state index < -0.39 is 0 Å². The van der Waals surface area contributed by atoms with Crippen LogP contribution >= 0.6 is 11.3 Å². The highest BCUT2D eigenvalue weighted by atomic mass is 32.1. The third-order valence-corrected chi connectivity index (χ3v) is 4.77. The fourth-order valence-corrected chi connectivity index (χ4v) is 3.40. The van der Waals surface area contributed by atoms with Crippen molar-refractivity contribution < 1.29 is 9.90 Å². The second-order valence-corrected chi connectivity index (χ2v) is 6.45. The summed E-state index contributed by atoms with van der Waals surface area (Å²) in [6.07, 6.45) is 5.02. The van der Waals surface area contributed by atoms with E-state index >= 15 is 0 Å². The molecule has 0 saturated heterocycles. The van der Waals surface area contributed by atoms with Crippen molar-refractivity contribution >= 4 is 27.3 Å². The van der Waals surface area contributed by atoms with Crippen LogP contribution in [-0.4, -0.2) is 17.6 Å². The van der Waals surface area contributed by atoms with Gasteiger partial charge >= 0.3 is 0 Å². The topological polar surface area (TPSA) is 49.3 Å². The van der Waals surface area contributed by atoms with Gasteiger partial charge < -0.3 is 10.4 Å². The second kappa shape index (κ2) is 5.83. The fourth-order valence-electron chi connectivity index (χ4n) is 2.43. The van der Waals surface area contributed by atoms with Gasteiger partial charge in [-0.15, -0.1) is 11.3 Å². The minimum atomic E-state index is 0.195. The molecule has 1 aliphatic rings. The maximum absolute atomic E-state index is 11.6. The molecule has 1 saturated carbocycles. The Morgan fingerprint density at radius 1 is 1.40 bits per heavy atom. The first-order valence-corrected chi connectivity index (χ1v) is 8.06. The zero-order valence-corrected chi connectivity index (χ0v) is 12.2. The van der Waals surface area contributed by atoms with Gasteiger partial charge in [-0.25, -0.2) is 0 Å². The molecule has 0 aliphatic heterocycles. The summed E-state index contributed by atoms with van der Waals surface area (Å²) in [5, 5.41) is 15.8. The number of phenols is 1. The van der Waals surface area contributed by atoms with E-state index in [-0.39, 0.29) is 5.91 Å². The van der Waals surface area contributed by atoms with Crippen LogP contribution in [0.25, 0.3) is 10.1 Å². The molecule has 106 valence electrons. The summed E-state index contributed by atoms with van der Waals surface area (Å²) in [5.41, 5.74) is 1.26. The predicted molar refractivity (Wildman–Crippen MR) is 82.2 cm³/mol. The van der Waals surface area contributed by atoms with Crippen molar-refractivity contribution in [3.05, 3.63) is 29.1 Å². The molecule has 1 fully saturated rings. The number of benzene rings is 1. The molecule has 2 N–H and O–H groups in total. The van der Waals surface area contributed by atoms with Gasteiger partial charge in [0.05, 0.1) is 0 Å². The van der Waals surface area contributed by atoms with Gasteiger partial charge in [-0.2, -0.15) is 0 Å². The lowest BCUT2D eigenvalue weighted by Gasteiger charge is -2.04. The van der Waals surface area contributed by atoms with Crippen molar-refractivity contribution in [3.63, 3.8) is 0 Å². The highest BCUT2D eigenvalue weighted by molar-refractivity contribution is 7.17. The van der Waals surface area contributed by atoms with E-state index in [9.17, 15) is 9.90 Å². The summed E-state index contributed by atoms with van der Waals surface area (Å²) in [4.78, 5) is 11.6. The van der Waals surface area contributed by atoms with Gasteiger partial charge in [0, 0.05) is 17.7 Å². The Kier molecular flexibility index (Phi) is 3.92. The molecule has 1 aromatic heterocycles. The molecule has 3 nitrogen and oxygen atoms in total. The van der Waals surface area contributed by atoms with E-state index in [2.05, 4.69) is 10.7 Å². The number of carbonyl (C=O) groups is 1. The van der Waals surface area contributed by atoms with Crippen molar-refractivity contribution in [2.75, 3.05) is 6.54 Å². The number of hydrogen-bond donors (Lipinski definition) is 2. The zero-order chi connectivity index (χ0) is 13.9. The van der Waals surface area contributed by atoms with Crippen LogP contribution in [0.3, 0.4) is 0 Å². The van der Waals surface area contributed by atoms with Crippen LogP contribution < -0.4 is 5.32 Å². The summed E-state index contributed by atoms with van der Waals surface area (Å²) in [7, 11) is 0. The molecule has 2 aromatic rings. The van der Waals surface area contributed by atoms with Gasteiger partial charge in [0.15, 0.2) is 0 Å². The van der Waals surface area contributed by atoms with Crippen LogP contribution in [0.1, 0.15) is 31.2 Å². The smallest absolute Gasteiger partial charge is 0.220 e. The first kappa shape index (κ1) is 13.4. The summed E-state index contributed by atoms with van der Waals surface area (Å²) in [5.74, 6) is 1.16. The number of carbonyl (C=O) groups excluding carboxylic acids is 1. The summed E-state index contributed by atoms with van der Waals surface area (Å²) >= 11 is 1.71. The Labute approximate surface area is 122 Å². The van der Waals surface area contributed by atoms with Gasteiger partial charge in [-0.05, 0) is 66.1 Å². The quantitative estimate of drug-likeness (QED) is 0.800. The van der Waals surface area contributed by atoms with Crippen molar-refractivity contribution in [1.29, 1.82) is 0 Å². The number of aromatic hydroxyl groups is 1. The van der Waals surface area contributed by atoms with Gasteiger partial charge in [-0.3, -0.25) is 4.79 Å². The summed E-state index contributed by atoms with van der Waals surface area (Å²) in [6.45, 7) is 0.738. The van der Waals surface area contributed by atoms with Crippen LogP contribution in [0, 0.1) is 5.92 Å². The van der Waals surface area contributed by atoms with Crippen LogP contribution in [-0.2, 0) is 11.2 Å². The fraction of sp³-hybridized carbons (Fsp3) is 0.438. The van der Waals surface area contributed by atoms with Crippen molar-refractivity contribution in [3.8, 4) is 5.75 Å². The number of fused-ring (bicyclic) bond motifs is 1. The zero-order valence-electron chi connectivity index (χ0n) is 11.4. The second-order valence-electron chi connectivity index (χ2n) is 5.54. The van der Waals surface area contributed by atoms with Crippen molar-refractivity contribution in [2.24, 2.45) is 5.92 Å². The van der Waals surface area contributed by atoms with E-state index in [1.54, 1.807) is 17.4 Å². The lowest BCUT2D eigenvalue weighted by molar-refractivity contribution is -0.121.